The van der Waals surface area contributed by atoms with Gasteiger partial charge >= 0.3 is 99.1 Å². The first-order valence-corrected chi connectivity index (χ1v) is 14.3. The molecule has 0 spiro atoms. The van der Waals surface area contributed by atoms with E-state index < -0.39 is 0 Å². The first-order valence-electron chi connectivity index (χ1n) is 3.80. The van der Waals surface area contributed by atoms with E-state index in [0.29, 0.717) is 19.8 Å². The van der Waals surface area contributed by atoms with E-state index in [1.165, 1.54) is 4.43 Å². The molecule has 0 N–H and O–H groups in total. The van der Waals surface area contributed by atoms with E-state index in [2.05, 4.69) is 23.2 Å². The van der Waals surface area contributed by atoms with Crippen LogP contribution in [0.5, 0.6) is 0 Å². The third kappa shape index (κ3) is 7.30. The summed E-state index contributed by atoms with van der Waals surface area (Å²) in [6, 6.07) is 0. The Labute approximate surface area is 97.6 Å². The monoisotopic (exact) mass is 316 g/mol. The molecule has 10 heavy (non-hydrogen) atoms. The van der Waals surface area contributed by atoms with Crippen molar-refractivity contribution < 1.29 is 19.8 Å². The van der Waals surface area contributed by atoms with Crippen LogP contribution in [0.4, 0.5) is 0 Å². The molecule has 0 aliphatic carbocycles. The molecule has 0 aromatic heterocycles. The number of rotatable bonds is 6. The van der Waals surface area contributed by atoms with Crippen molar-refractivity contribution in [2.75, 3.05) is 4.43 Å². The Hall–Kier alpha value is 2.64. The molecule has 0 fully saturated rings. The van der Waals surface area contributed by atoms with Crippen LogP contribution in [0.3, 0.4) is 0 Å². The molecule has 0 aromatic carbocycles. The van der Waals surface area contributed by atoms with Crippen LogP contribution in [0, 0.1) is 0 Å². The number of alkyl halides is 1. The van der Waals surface area contributed by atoms with Gasteiger partial charge in [-0.3, -0.25) is 0 Å². The zero-order valence-electron chi connectivity index (χ0n) is 6.81. The van der Waals surface area contributed by atoms with E-state index in [9.17, 15) is 0 Å². The number of thiol groups is 1. The number of hydrogen-bond acceptors (Lipinski definition) is 2. The third-order valence-electron chi connectivity index (χ3n) is 1.59. The van der Waals surface area contributed by atoms with E-state index in [1.54, 1.807) is 5.28 Å². The molecule has 0 heterocycles. The molecular weight excluding hydrogens is 302 g/mol. The van der Waals surface area contributed by atoms with Crippen LogP contribution < -0.4 is 19.8 Å². The molecule has 0 saturated heterocycles. The predicted octanol–water partition coefficient (Wildman–Crippen LogP) is -3.21. The SMILES string of the molecule is [CH3][AlH][N]([AlH][CH3])[AlH][CH2]C[I-]S. The summed E-state index contributed by atoms with van der Waals surface area (Å²) >= 11 is 1.04. The van der Waals surface area contributed by atoms with E-state index in [1.807, 2.05) is 0 Å². The van der Waals surface area contributed by atoms with Crippen molar-refractivity contribution >= 4 is 56.1 Å². The summed E-state index contributed by atoms with van der Waals surface area (Å²) in [6.45, 7) is 0. The van der Waals surface area contributed by atoms with Crippen molar-refractivity contribution in [3.63, 3.8) is 0 Å². The molecule has 58 valence electrons. The summed E-state index contributed by atoms with van der Waals surface area (Å²) in [5, 5.41) is 1.55. The molecule has 0 aliphatic heterocycles. The van der Waals surface area contributed by atoms with Crippen molar-refractivity contribution in [1.82, 2.24) is 1.85 Å². The van der Waals surface area contributed by atoms with Gasteiger partial charge in [0.25, 0.3) is 0 Å². The van der Waals surface area contributed by atoms with Crippen molar-refractivity contribution in [1.29, 1.82) is 0 Å². The van der Waals surface area contributed by atoms with Gasteiger partial charge in [0, 0.05) is 0 Å². The van der Waals surface area contributed by atoms with E-state index in [0.717, 1.165) is 0 Å². The number of halogens is 1. The fraction of sp³-hybridized carbons (Fsp3) is 1.00. The van der Waals surface area contributed by atoms with Crippen LogP contribution in [0.25, 0.3) is 0 Å². The molecule has 1 nitrogen and oxygen atoms in total. The fourth-order valence-electron chi connectivity index (χ4n) is 0.883. The first-order chi connectivity index (χ1) is 4.85. The van der Waals surface area contributed by atoms with Crippen LogP contribution in [0.15, 0.2) is 0 Å². The molecule has 0 rings (SSSR count). The summed E-state index contributed by atoms with van der Waals surface area (Å²) in [4.78, 5) is 0. The van der Waals surface area contributed by atoms with E-state index >= 15 is 0 Å². The van der Waals surface area contributed by atoms with Crippen LogP contribution in [0.2, 0.25) is 16.9 Å². The maximum atomic E-state index is 4.32. The van der Waals surface area contributed by atoms with Crippen molar-refractivity contribution in [2.45, 2.75) is 16.9 Å². The molecule has 0 radical (unpaired) electrons. The maximum absolute atomic E-state index is 4.32. The molecule has 0 atom stereocenters. The van der Waals surface area contributed by atoms with E-state index in [4.69, 9.17) is 0 Å². The summed E-state index contributed by atoms with van der Waals surface area (Å²) in [6.07, 6.45) is 0. The summed E-state index contributed by atoms with van der Waals surface area (Å²) in [7, 11) is 4.32. The zero-order valence-corrected chi connectivity index (χ0v) is 14.1. The van der Waals surface area contributed by atoms with Gasteiger partial charge in [-0.25, -0.2) is 0 Å². The first kappa shape index (κ1) is 12.6. The van der Waals surface area contributed by atoms with Gasteiger partial charge in [-0.15, -0.1) is 0 Å². The minimum atomic E-state index is 0.244. The second kappa shape index (κ2) is 9.72. The van der Waals surface area contributed by atoms with Crippen LogP contribution >= 0.6 is 9.80 Å². The van der Waals surface area contributed by atoms with Gasteiger partial charge in [0.15, 0.2) is 0 Å². The summed E-state index contributed by atoms with van der Waals surface area (Å²) < 4.78 is 4.35. The van der Waals surface area contributed by atoms with Gasteiger partial charge in [0.1, 0.15) is 0 Å². The Balaban J connectivity index is 3.09. The van der Waals surface area contributed by atoms with Crippen LogP contribution in [-0.2, 0) is 0 Å². The van der Waals surface area contributed by atoms with Gasteiger partial charge in [-0.2, -0.15) is 0 Å². The second-order valence-corrected chi connectivity index (χ2v) is 13.3. The Kier molecular flexibility index (Phi) is 12.3. The quantitative estimate of drug-likeness (QED) is 0.178. The number of nitrogens with zero attached hydrogens (tertiary/aromatic N) is 1. The average Bonchev–Trinajstić information content (AvgIpc) is 1.99. The molecule has 0 saturated carbocycles. The number of hydrogen-bond donors (Lipinski definition) is 1. The van der Waals surface area contributed by atoms with Crippen LogP contribution in [0.1, 0.15) is 0 Å². The Morgan fingerprint density at radius 3 is 2.40 bits per heavy atom. The molecule has 0 aliphatic rings. The topological polar surface area (TPSA) is 3.24 Å². The summed E-state index contributed by atoms with van der Waals surface area (Å²) in [5.41, 5.74) is 0. The Morgan fingerprint density at radius 1 is 1.40 bits per heavy atom. The Morgan fingerprint density at radius 2 is 2.00 bits per heavy atom. The third-order valence-corrected chi connectivity index (χ3v) is 15.8. The molecule has 6 heteroatoms. The van der Waals surface area contributed by atoms with Gasteiger partial charge in [-0.05, 0) is 0 Å². The van der Waals surface area contributed by atoms with Crippen molar-refractivity contribution in [2.24, 2.45) is 0 Å². The van der Waals surface area contributed by atoms with Gasteiger partial charge < -0.3 is 0 Å². The molecule has 0 bridgehead atoms. The zero-order chi connectivity index (χ0) is 7.82. The second-order valence-electron chi connectivity index (χ2n) is 2.19. The molecule has 0 unspecified atom stereocenters. The predicted molar refractivity (Wildman–Crippen MR) is 53.7 cm³/mol. The normalized spacial score (nSPS) is 10.0. The van der Waals surface area contributed by atoms with Gasteiger partial charge in [-0.1, -0.05) is 0 Å². The molecular formula is C4H14Al3INS-. The van der Waals surface area contributed by atoms with Gasteiger partial charge in [0.2, 0.25) is 0 Å². The van der Waals surface area contributed by atoms with Crippen molar-refractivity contribution in [3.8, 4) is 0 Å². The van der Waals surface area contributed by atoms with Crippen molar-refractivity contribution in [3.05, 3.63) is 0 Å². The average molecular weight is 316 g/mol. The van der Waals surface area contributed by atoms with Gasteiger partial charge in [0.05, 0.1) is 0 Å². The standard InChI is InChI=1S/C2H5IS.2CH3.3Al.N.3H/c1-2-3-4;;;;;;;;;/h4H,1-2H2;2*1H3;;;;;;;/q-1;;;;;;;;;. The van der Waals surface area contributed by atoms with E-state index in [-0.39, 0.29) is 46.3 Å². The molecule has 0 aromatic rings. The molecule has 0 amide bonds. The Bertz CT molecular complexity index is 73.5. The summed E-state index contributed by atoms with van der Waals surface area (Å²) in [5.74, 6) is 4.86. The minimum absolute atomic E-state index is 0.244. The van der Waals surface area contributed by atoms with Crippen LogP contribution in [-0.4, -0.2) is 52.6 Å². The fourth-order valence-corrected chi connectivity index (χ4v) is 11.7.